The fourth-order valence-corrected chi connectivity index (χ4v) is 2.27. The maximum atomic E-state index is 12.3. The lowest BCUT2D eigenvalue weighted by Gasteiger charge is -2.22. The second-order valence-electron chi connectivity index (χ2n) is 4.95. The van der Waals surface area contributed by atoms with Crippen LogP contribution in [-0.2, 0) is 10.2 Å². The molecule has 2 rings (SSSR count). The molecule has 92 valence electrons. The summed E-state index contributed by atoms with van der Waals surface area (Å²) in [5, 5.41) is 9.61. The van der Waals surface area contributed by atoms with Gasteiger partial charge < -0.3 is 15.7 Å². The summed E-state index contributed by atoms with van der Waals surface area (Å²) in [5.74, 6) is 0.0196. The lowest BCUT2D eigenvalue weighted by Crippen LogP contribution is -2.42. The Hall–Kier alpha value is -1.39. The summed E-state index contributed by atoms with van der Waals surface area (Å²) in [4.78, 5) is 13.9. The number of aliphatic hydroxyl groups excluding tert-OH is 1. The predicted octanol–water partition coefficient (Wildman–Crippen LogP) is 0.630. The van der Waals surface area contributed by atoms with Crippen LogP contribution < -0.4 is 10.6 Å². The van der Waals surface area contributed by atoms with Gasteiger partial charge in [-0.05, 0) is 25.5 Å². The van der Waals surface area contributed by atoms with Gasteiger partial charge in [-0.25, -0.2) is 0 Å². The maximum Gasteiger partial charge on any atom is 0.237 e. The molecule has 1 amide bonds. The summed E-state index contributed by atoms with van der Waals surface area (Å²) in [7, 11) is 0. The number of para-hydroxylation sites is 1. The molecular weight excluding hydrogens is 216 g/mol. The molecule has 1 unspecified atom stereocenters. The average Bonchev–Trinajstić information content (AvgIpc) is 2.51. The molecule has 1 aromatic rings. The molecule has 0 spiro atoms. The number of nitrogens with two attached hydrogens (primary N) is 1. The largest absolute Gasteiger partial charge is 0.390 e. The van der Waals surface area contributed by atoms with Gasteiger partial charge in [0.2, 0.25) is 5.91 Å². The van der Waals surface area contributed by atoms with Crippen molar-refractivity contribution >= 4 is 11.6 Å². The number of carbonyl (C=O) groups is 1. The molecule has 1 aromatic carbocycles. The van der Waals surface area contributed by atoms with Gasteiger partial charge in [-0.1, -0.05) is 18.2 Å². The first kappa shape index (κ1) is 12.1. The SMILES string of the molecule is CC1(C)C(=O)N(CC(O)CN)c2ccccc21. The third-order valence-corrected chi connectivity index (χ3v) is 3.31. The highest BCUT2D eigenvalue weighted by Crippen LogP contribution is 2.41. The second kappa shape index (κ2) is 4.13. The van der Waals surface area contributed by atoms with E-state index in [2.05, 4.69) is 0 Å². The third kappa shape index (κ3) is 1.83. The van der Waals surface area contributed by atoms with E-state index in [1.165, 1.54) is 0 Å². The van der Waals surface area contributed by atoms with Crippen LogP contribution in [0.25, 0.3) is 0 Å². The van der Waals surface area contributed by atoms with Gasteiger partial charge in [0.25, 0.3) is 0 Å². The van der Waals surface area contributed by atoms with E-state index in [1.54, 1.807) is 4.90 Å². The van der Waals surface area contributed by atoms with Gasteiger partial charge in [0.15, 0.2) is 0 Å². The number of fused-ring (bicyclic) bond motifs is 1. The zero-order chi connectivity index (χ0) is 12.6. The first-order chi connectivity index (χ1) is 7.98. The molecule has 4 nitrogen and oxygen atoms in total. The van der Waals surface area contributed by atoms with Gasteiger partial charge in [0, 0.05) is 12.2 Å². The van der Waals surface area contributed by atoms with E-state index in [4.69, 9.17) is 5.73 Å². The minimum atomic E-state index is -0.680. The molecular formula is C13H18N2O2. The lowest BCUT2D eigenvalue weighted by atomic mass is 9.86. The van der Waals surface area contributed by atoms with Crippen molar-refractivity contribution < 1.29 is 9.90 Å². The Morgan fingerprint density at radius 1 is 1.41 bits per heavy atom. The maximum absolute atomic E-state index is 12.3. The number of anilines is 1. The molecule has 0 radical (unpaired) electrons. The Morgan fingerprint density at radius 2 is 2.06 bits per heavy atom. The number of β-amino-alcohol motifs (C(OH)–C–C–N with tert-alkyl or cyclic N) is 1. The summed E-state index contributed by atoms with van der Waals surface area (Å²) >= 11 is 0. The van der Waals surface area contributed by atoms with Gasteiger partial charge in [0.05, 0.1) is 18.1 Å². The first-order valence-electron chi connectivity index (χ1n) is 5.78. The van der Waals surface area contributed by atoms with Crippen LogP contribution in [0.2, 0.25) is 0 Å². The van der Waals surface area contributed by atoms with Crippen molar-refractivity contribution in [2.24, 2.45) is 5.73 Å². The van der Waals surface area contributed by atoms with Crippen LogP contribution in [-0.4, -0.2) is 30.2 Å². The minimum Gasteiger partial charge on any atom is -0.390 e. The lowest BCUT2D eigenvalue weighted by molar-refractivity contribution is -0.122. The van der Waals surface area contributed by atoms with E-state index in [0.717, 1.165) is 11.3 Å². The molecule has 0 aliphatic carbocycles. The topological polar surface area (TPSA) is 66.6 Å². The molecule has 4 heteroatoms. The van der Waals surface area contributed by atoms with Crippen molar-refractivity contribution in [3.8, 4) is 0 Å². The molecule has 0 fully saturated rings. The molecule has 3 N–H and O–H groups in total. The quantitative estimate of drug-likeness (QED) is 0.806. The Bertz CT molecular complexity index is 443. The van der Waals surface area contributed by atoms with Crippen molar-refractivity contribution in [3.05, 3.63) is 29.8 Å². The van der Waals surface area contributed by atoms with E-state index >= 15 is 0 Å². The van der Waals surface area contributed by atoms with E-state index in [-0.39, 0.29) is 19.0 Å². The van der Waals surface area contributed by atoms with Crippen LogP contribution >= 0.6 is 0 Å². The molecule has 0 bridgehead atoms. The zero-order valence-corrected chi connectivity index (χ0v) is 10.2. The molecule has 1 heterocycles. The van der Waals surface area contributed by atoms with Crippen LogP contribution in [0.5, 0.6) is 0 Å². The van der Waals surface area contributed by atoms with E-state index < -0.39 is 11.5 Å². The van der Waals surface area contributed by atoms with Crippen molar-refractivity contribution in [2.45, 2.75) is 25.4 Å². The normalized spacial score (nSPS) is 19.3. The Kier molecular flexibility index (Phi) is 2.93. The number of rotatable bonds is 3. The Balaban J connectivity index is 2.39. The highest BCUT2D eigenvalue weighted by molar-refractivity contribution is 6.07. The molecule has 17 heavy (non-hydrogen) atoms. The molecule has 1 aliphatic heterocycles. The Morgan fingerprint density at radius 3 is 2.71 bits per heavy atom. The van der Waals surface area contributed by atoms with E-state index in [0.29, 0.717) is 0 Å². The van der Waals surface area contributed by atoms with Crippen LogP contribution in [0, 0.1) is 0 Å². The number of nitrogens with zero attached hydrogens (tertiary/aromatic N) is 1. The summed E-state index contributed by atoms with van der Waals surface area (Å²) in [6, 6.07) is 7.69. The van der Waals surface area contributed by atoms with Crippen molar-refractivity contribution in [1.82, 2.24) is 0 Å². The second-order valence-corrected chi connectivity index (χ2v) is 4.95. The van der Waals surface area contributed by atoms with E-state index in [1.807, 2.05) is 38.1 Å². The number of hydrogen-bond donors (Lipinski definition) is 2. The van der Waals surface area contributed by atoms with Gasteiger partial charge >= 0.3 is 0 Å². The molecule has 1 atom stereocenters. The van der Waals surface area contributed by atoms with Gasteiger partial charge in [-0.15, -0.1) is 0 Å². The number of benzene rings is 1. The standard InChI is InChI=1S/C13H18N2O2/c1-13(2)10-5-3-4-6-11(10)15(12(13)17)8-9(16)7-14/h3-6,9,16H,7-8,14H2,1-2H3. The summed E-state index contributed by atoms with van der Waals surface area (Å²) in [6.45, 7) is 4.23. The van der Waals surface area contributed by atoms with Gasteiger partial charge in [-0.3, -0.25) is 4.79 Å². The van der Waals surface area contributed by atoms with Gasteiger partial charge in [-0.2, -0.15) is 0 Å². The van der Waals surface area contributed by atoms with Crippen LogP contribution in [0.4, 0.5) is 5.69 Å². The number of carbonyl (C=O) groups excluding carboxylic acids is 1. The monoisotopic (exact) mass is 234 g/mol. The van der Waals surface area contributed by atoms with Crippen LogP contribution in [0.15, 0.2) is 24.3 Å². The fraction of sp³-hybridized carbons (Fsp3) is 0.462. The third-order valence-electron chi connectivity index (χ3n) is 3.31. The number of aliphatic hydroxyl groups is 1. The fourth-order valence-electron chi connectivity index (χ4n) is 2.27. The minimum absolute atomic E-state index is 0.0196. The number of hydrogen-bond acceptors (Lipinski definition) is 3. The van der Waals surface area contributed by atoms with Crippen molar-refractivity contribution in [1.29, 1.82) is 0 Å². The summed E-state index contributed by atoms with van der Waals surface area (Å²) in [6.07, 6.45) is -0.680. The zero-order valence-electron chi connectivity index (χ0n) is 10.2. The Labute approximate surface area is 101 Å². The predicted molar refractivity (Wildman–Crippen MR) is 66.9 cm³/mol. The highest BCUT2D eigenvalue weighted by Gasteiger charge is 2.43. The van der Waals surface area contributed by atoms with Crippen molar-refractivity contribution in [2.75, 3.05) is 18.0 Å². The molecule has 0 aromatic heterocycles. The molecule has 1 aliphatic rings. The van der Waals surface area contributed by atoms with Gasteiger partial charge in [0.1, 0.15) is 0 Å². The van der Waals surface area contributed by atoms with E-state index in [9.17, 15) is 9.90 Å². The summed E-state index contributed by atoms with van der Waals surface area (Å²) in [5.41, 5.74) is 6.77. The highest BCUT2D eigenvalue weighted by atomic mass is 16.3. The summed E-state index contributed by atoms with van der Waals surface area (Å²) < 4.78 is 0. The smallest absolute Gasteiger partial charge is 0.237 e. The van der Waals surface area contributed by atoms with Crippen LogP contribution in [0.1, 0.15) is 19.4 Å². The number of amides is 1. The first-order valence-corrected chi connectivity index (χ1v) is 5.78. The molecule has 0 saturated carbocycles. The van der Waals surface area contributed by atoms with Crippen molar-refractivity contribution in [3.63, 3.8) is 0 Å². The van der Waals surface area contributed by atoms with Crippen LogP contribution in [0.3, 0.4) is 0 Å². The molecule has 0 saturated heterocycles. The average molecular weight is 234 g/mol.